The van der Waals surface area contributed by atoms with E-state index in [1.54, 1.807) is 24.5 Å². The van der Waals surface area contributed by atoms with E-state index < -0.39 is 6.10 Å². The Kier molecular flexibility index (Phi) is 3.02. The van der Waals surface area contributed by atoms with Gasteiger partial charge < -0.3 is 5.11 Å². The number of halogens is 1. The van der Waals surface area contributed by atoms with Crippen LogP contribution in [0.1, 0.15) is 35.4 Å². The van der Waals surface area contributed by atoms with E-state index in [2.05, 4.69) is 16.0 Å². The zero-order valence-corrected chi connectivity index (χ0v) is 10.5. The maximum atomic E-state index is 10.5. The van der Waals surface area contributed by atoms with Crippen molar-refractivity contribution in [2.75, 3.05) is 0 Å². The Morgan fingerprint density at radius 3 is 2.83 bits per heavy atom. The topological polar surface area (TPSA) is 46.0 Å². The Labute approximate surface area is 110 Å². The van der Waals surface area contributed by atoms with Gasteiger partial charge in [-0.25, -0.2) is 0 Å². The average molecular weight is 261 g/mol. The second-order valence-electron chi connectivity index (χ2n) is 4.51. The van der Waals surface area contributed by atoms with E-state index in [4.69, 9.17) is 11.6 Å². The molecule has 2 aromatic heterocycles. The van der Waals surface area contributed by atoms with Crippen molar-refractivity contribution in [3.05, 3.63) is 58.6 Å². The molecule has 2 aromatic rings. The second kappa shape index (κ2) is 4.67. The molecule has 0 saturated carbocycles. The number of rotatable bonds is 2. The van der Waals surface area contributed by atoms with Crippen LogP contribution in [0.4, 0.5) is 0 Å². The van der Waals surface area contributed by atoms with Crippen LogP contribution in [0.3, 0.4) is 0 Å². The van der Waals surface area contributed by atoms with Crippen LogP contribution in [0.15, 0.2) is 36.7 Å². The van der Waals surface area contributed by atoms with Crippen molar-refractivity contribution in [1.82, 2.24) is 9.97 Å². The summed E-state index contributed by atoms with van der Waals surface area (Å²) >= 11 is 6.08. The molecule has 2 unspecified atom stereocenters. The van der Waals surface area contributed by atoms with Gasteiger partial charge in [0.05, 0.1) is 10.7 Å². The highest BCUT2D eigenvalue weighted by molar-refractivity contribution is 6.31. The summed E-state index contributed by atoms with van der Waals surface area (Å²) in [6, 6.07) is 7.51. The normalized spacial score (nSPS) is 19.6. The third-order valence-corrected chi connectivity index (χ3v) is 3.77. The SMILES string of the molecule is OC(c1ncccc1Cl)C1CCc2cccnc21. The summed E-state index contributed by atoms with van der Waals surface area (Å²) in [7, 11) is 0. The molecule has 0 bridgehead atoms. The fourth-order valence-electron chi connectivity index (χ4n) is 2.56. The van der Waals surface area contributed by atoms with Crippen molar-refractivity contribution in [3.8, 4) is 0 Å². The highest BCUT2D eigenvalue weighted by Crippen LogP contribution is 2.41. The smallest absolute Gasteiger partial charge is 0.106 e. The lowest BCUT2D eigenvalue weighted by atomic mass is 9.96. The molecule has 1 aliphatic carbocycles. The Morgan fingerprint density at radius 1 is 1.22 bits per heavy atom. The number of nitrogens with zero attached hydrogens (tertiary/aromatic N) is 2. The highest BCUT2D eigenvalue weighted by atomic mass is 35.5. The largest absolute Gasteiger partial charge is 0.386 e. The van der Waals surface area contributed by atoms with Gasteiger partial charge in [-0.2, -0.15) is 0 Å². The fourth-order valence-corrected chi connectivity index (χ4v) is 2.79. The minimum absolute atomic E-state index is 0.00593. The molecule has 2 atom stereocenters. The Bertz CT molecular complexity index is 573. The zero-order valence-electron chi connectivity index (χ0n) is 9.75. The number of fused-ring (bicyclic) bond motifs is 1. The molecule has 0 saturated heterocycles. The van der Waals surface area contributed by atoms with Gasteiger partial charge in [-0.05, 0) is 36.6 Å². The number of aromatic nitrogens is 2. The van der Waals surface area contributed by atoms with Crippen molar-refractivity contribution >= 4 is 11.6 Å². The van der Waals surface area contributed by atoms with Crippen LogP contribution in [-0.2, 0) is 6.42 Å². The maximum absolute atomic E-state index is 10.5. The first-order valence-electron chi connectivity index (χ1n) is 5.99. The first-order chi connectivity index (χ1) is 8.77. The maximum Gasteiger partial charge on any atom is 0.106 e. The highest BCUT2D eigenvalue weighted by Gasteiger charge is 2.32. The molecule has 1 aliphatic rings. The van der Waals surface area contributed by atoms with Gasteiger partial charge in [-0.1, -0.05) is 17.7 Å². The van der Waals surface area contributed by atoms with Gasteiger partial charge in [-0.3, -0.25) is 9.97 Å². The first kappa shape index (κ1) is 11.6. The average Bonchev–Trinajstić information content (AvgIpc) is 2.82. The van der Waals surface area contributed by atoms with Gasteiger partial charge in [0, 0.05) is 24.0 Å². The Morgan fingerprint density at radius 2 is 2.00 bits per heavy atom. The zero-order chi connectivity index (χ0) is 12.5. The van der Waals surface area contributed by atoms with Crippen molar-refractivity contribution in [3.63, 3.8) is 0 Å². The summed E-state index contributed by atoms with van der Waals surface area (Å²) in [5.74, 6) is -0.00593. The molecule has 0 amide bonds. The number of hydrogen-bond acceptors (Lipinski definition) is 3. The van der Waals surface area contributed by atoms with Crippen LogP contribution in [0, 0.1) is 0 Å². The van der Waals surface area contributed by atoms with E-state index in [0.717, 1.165) is 18.5 Å². The number of aryl methyl sites for hydroxylation is 1. The molecular formula is C14H13ClN2O. The minimum Gasteiger partial charge on any atom is -0.386 e. The van der Waals surface area contributed by atoms with Crippen LogP contribution in [0.2, 0.25) is 5.02 Å². The summed E-state index contributed by atoms with van der Waals surface area (Å²) in [6.07, 6.45) is 4.58. The minimum atomic E-state index is -0.685. The van der Waals surface area contributed by atoms with E-state index in [-0.39, 0.29) is 5.92 Å². The Hall–Kier alpha value is -1.45. The van der Waals surface area contributed by atoms with Gasteiger partial charge in [0.15, 0.2) is 0 Å². The van der Waals surface area contributed by atoms with Crippen LogP contribution < -0.4 is 0 Å². The number of hydrogen-bond donors (Lipinski definition) is 1. The van der Waals surface area contributed by atoms with Crippen LogP contribution in [0.5, 0.6) is 0 Å². The van der Waals surface area contributed by atoms with Gasteiger partial charge in [-0.15, -0.1) is 0 Å². The summed E-state index contributed by atoms with van der Waals surface area (Å²) in [5.41, 5.74) is 2.74. The molecular weight excluding hydrogens is 248 g/mol. The third-order valence-electron chi connectivity index (χ3n) is 3.45. The predicted molar refractivity (Wildman–Crippen MR) is 69.5 cm³/mol. The lowest BCUT2D eigenvalue weighted by Gasteiger charge is -2.18. The summed E-state index contributed by atoms with van der Waals surface area (Å²) < 4.78 is 0. The second-order valence-corrected chi connectivity index (χ2v) is 4.92. The van der Waals surface area contributed by atoms with Gasteiger partial charge >= 0.3 is 0 Å². The monoisotopic (exact) mass is 260 g/mol. The molecule has 0 radical (unpaired) electrons. The molecule has 3 rings (SSSR count). The van der Waals surface area contributed by atoms with E-state index in [9.17, 15) is 5.11 Å². The molecule has 0 aliphatic heterocycles. The standard InChI is InChI=1S/C14H13ClN2O/c15-11-4-2-8-17-13(11)14(18)10-6-5-9-3-1-7-16-12(9)10/h1-4,7-8,10,14,18H,5-6H2. The summed E-state index contributed by atoms with van der Waals surface area (Å²) in [4.78, 5) is 8.57. The van der Waals surface area contributed by atoms with Crippen molar-refractivity contribution in [2.24, 2.45) is 0 Å². The molecule has 0 spiro atoms. The van der Waals surface area contributed by atoms with Crippen molar-refractivity contribution in [1.29, 1.82) is 0 Å². The molecule has 0 fully saturated rings. The van der Waals surface area contributed by atoms with Crippen molar-refractivity contribution in [2.45, 2.75) is 24.9 Å². The van der Waals surface area contributed by atoms with Gasteiger partial charge in [0.2, 0.25) is 0 Å². The molecule has 4 heteroatoms. The molecule has 2 heterocycles. The summed E-state index contributed by atoms with van der Waals surface area (Å²) in [6.45, 7) is 0. The van der Waals surface area contributed by atoms with E-state index in [0.29, 0.717) is 10.7 Å². The van der Waals surface area contributed by atoms with Crippen molar-refractivity contribution < 1.29 is 5.11 Å². The molecule has 18 heavy (non-hydrogen) atoms. The third kappa shape index (κ3) is 1.89. The van der Waals surface area contributed by atoms with Crippen LogP contribution in [0.25, 0.3) is 0 Å². The quantitative estimate of drug-likeness (QED) is 0.903. The molecule has 3 nitrogen and oxygen atoms in total. The van der Waals surface area contributed by atoms with Gasteiger partial charge in [0.25, 0.3) is 0 Å². The number of pyridine rings is 2. The number of aliphatic hydroxyl groups excluding tert-OH is 1. The predicted octanol–water partition coefficient (Wildman–Crippen LogP) is 2.89. The first-order valence-corrected chi connectivity index (χ1v) is 6.37. The molecule has 0 aromatic carbocycles. The lowest BCUT2D eigenvalue weighted by Crippen LogP contribution is -2.11. The summed E-state index contributed by atoms with van der Waals surface area (Å²) in [5, 5.41) is 11.0. The molecule has 92 valence electrons. The molecule has 1 N–H and O–H groups in total. The van der Waals surface area contributed by atoms with E-state index in [1.165, 1.54) is 5.56 Å². The lowest BCUT2D eigenvalue weighted by molar-refractivity contribution is 0.139. The van der Waals surface area contributed by atoms with E-state index >= 15 is 0 Å². The number of aliphatic hydroxyl groups is 1. The van der Waals surface area contributed by atoms with Crippen LogP contribution in [-0.4, -0.2) is 15.1 Å². The van der Waals surface area contributed by atoms with Crippen LogP contribution >= 0.6 is 11.6 Å². The Balaban J connectivity index is 1.96. The fraction of sp³-hybridized carbons (Fsp3) is 0.286. The van der Waals surface area contributed by atoms with E-state index in [1.807, 2.05) is 6.07 Å². The van der Waals surface area contributed by atoms with Gasteiger partial charge in [0.1, 0.15) is 6.10 Å².